The fraction of sp³-hybridized carbons (Fsp3) is 0.136. The normalized spacial score (nSPS) is 15.5. The lowest BCUT2D eigenvalue weighted by molar-refractivity contribution is -0.137. The van der Waals surface area contributed by atoms with E-state index in [1.165, 1.54) is 37.5 Å². The van der Waals surface area contributed by atoms with Gasteiger partial charge in [0, 0.05) is 0 Å². The first-order chi connectivity index (χ1) is 15.6. The van der Waals surface area contributed by atoms with Gasteiger partial charge in [-0.3, -0.25) is 14.9 Å². The second kappa shape index (κ2) is 9.37. The minimum absolute atomic E-state index is 0.215. The van der Waals surface area contributed by atoms with Crippen molar-refractivity contribution < 1.29 is 37.0 Å². The molecule has 0 saturated carbocycles. The SMILES string of the molecule is C=CCOc1ccc(/C=C2\C(=O)NC(=O)N(c3cc(C(F)(F)F)ccc3Cl)C2=O)cc1OC. The van der Waals surface area contributed by atoms with Crippen molar-refractivity contribution in [3.05, 3.63) is 70.8 Å². The molecule has 0 unspecified atom stereocenters. The van der Waals surface area contributed by atoms with Crippen molar-refractivity contribution in [2.24, 2.45) is 0 Å². The van der Waals surface area contributed by atoms with E-state index >= 15 is 0 Å². The maximum atomic E-state index is 13.1. The number of carbonyl (C=O) groups is 3. The number of hydrogen-bond donors (Lipinski definition) is 1. The average molecular weight is 481 g/mol. The van der Waals surface area contributed by atoms with Gasteiger partial charge in [-0.05, 0) is 42.0 Å². The molecule has 0 aliphatic carbocycles. The fourth-order valence-electron chi connectivity index (χ4n) is 2.95. The fourth-order valence-corrected chi connectivity index (χ4v) is 3.15. The van der Waals surface area contributed by atoms with E-state index < -0.39 is 40.8 Å². The number of barbiturate groups is 1. The maximum Gasteiger partial charge on any atom is 0.416 e. The largest absolute Gasteiger partial charge is 0.493 e. The van der Waals surface area contributed by atoms with Crippen molar-refractivity contribution in [2.45, 2.75) is 6.18 Å². The van der Waals surface area contributed by atoms with Crippen LogP contribution in [0.3, 0.4) is 0 Å². The van der Waals surface area contributed by atoms with Crippen molar-refractivity contribution >= 4 is 41.2 Å². The number of urea groups is 1. The molecule has 1 saturated heterocycles. The molecule has 0 radical (unpaired) electrons. The zero-order valence-electron chi connectivity index (χ0n) is 17.0. The first kappa shape index (κ1) is 23.9. The second-order valence-electron chi connectivity index (χ2n) is 6.63. The van der Waals surface area contributed by atoms with E-state index in [0.717, 1.165) is 6.07 Å². The van der Waals surface area contributed by atoms with E-state index in [1.54, 1.807) is 0 Å². The first-order valence-electron chi connectivity index (χ1n) is 9.26. The molecular weight excluding hydrogens is 465 g/mol. The number of carbonyl (C=O) groups excluding carboxylic acids is 3. The van der Waals surface area contributed by atoms with Gasteiger partial charge in [0.15, 0.2) is 11.5 Å². The molecule has 11 heteroatoms. The van der Waals surface area contributed by atoms with Crippen LogP contribution in [0.25, 0.3) is 6.08 Å². The van der Waals surface area contributed by atoms with E-state index in [9.17, 15) is 27.6 Å². The summed E-state index contributed by atoms with van der Waals surface area (Å²) in [6.45, 7) is 3.76. The zero-order valence-corrected chi connectivity index (χ0v) is 17.8. The Labute approximate surface area is 191 Å². The smallest absolute Gasteiger partial charge is 0.416 e. The Hall–Kier alpha value is -3.79. The van der Waals surface area contributed by atoms with Crippen LogP contribution in [0.4, 0.5) is 23.7 Å². The van der Waals surface area contributed by atoms with Gasteiger partial charge in [-0.1, -0.05) is 30.3 Å². The Balaban J connectivity index is 2.03. The lowest BCUT2D eigenvalue weighted by Crippen LogP contribution is -2.54. The number of hydrogen-bond acceptors (Lipinski definition) is 5. The molecular formula is C22H16ClF3N2O5. The summed E-state index contributed by atoms with van der Waals surface area (Å²) < 4.78 is 50.1. The molecule has 4 amide bonds. The molecule has 0 aromatic heterocycles. The van der Waals surface area contributed by atoms with Gasteiger partial charge in [-0.15, -0.1) is 0 Å². The predicted molar refractivity (Wildman–Crippen MR) is 114 cm³/mol. The number of ether oxygens (including phenoxy) is 2. The lowest BCUT2D eigenvalue weighted by Gasteiger charge is -2.27. The van der Waals surface area contributed by atoms with Crippen LogP contribution in [0.15, 0.2) is 54.6 Å². The highest BCUT2D eigenvalue weighted by Gasteiger charge is 2.39. The van der Waals surface area contributed by atoms with Gasteiger partial charge in [0.1, 0.15) is 12.2 Å². The first-order valence-corrected chi connectivity index (χ1v) is 9.64. The van der Waals surface area contributed by atoms with E-state index in [-0.39, 0.29) is 11.6 Å². The topological polar surface area (TPSA) is 84.9 Å². The van der Waals surface area contributed by atoms with Crippen LogP contribution in [0.5, 0.6) is 11.5 Å². The number of methoxy groups -OCH3 is 1. The molecule has 1 fully saturated rings. The highest BCUT2D eigenvalue weighted by atomic mass is 35.5. The Morgan fingerprint density at radius 2 is 1.85 bits per heavy atom. The maximum absolute atomic E-state index is 13.1. The Kier molecular flexibility index (Phi) is 6.78. The molecule has 2 aromatic rings. The summed E-state index contributed by atoms with van der Waals surface area (Å²) in [6, 6.07) is 5.48. The number of anilines is 1. The van der Waals surface area contributed by atoms with Gasteiger partial charge in [0.2, 0.25) is 0 Å². The van der Waals surface area contributed by atoms with Crippen molar-refractivity contribution in [3.63, 3.8) is 0 Å². The predicted octanol–water partition coefficient (Wildman–Crippen LogP) is 4.60. The lowest BCUT2D eigenvalue weighted by atomic mass is 10.1. The van der Waals surface area contributed by atoms with Gasteiger partial charge >= 0.3 is 12.2 Å². The number of alkyl halides is 3. The van der Waals surface area contributed by atoms with Crippen LogP contribution in [0.2, 0.25) is 5.02 Å². The van der Waals surface area contributed by atoms with Crippen LogP contribution >= 0.6 is 11.6 Å². The van der Waals surface area contributed by atoms with Crippen LogP contribution in [0.1, 0.15) is 11.1 Å². The third-order valence-corrected chi connectivity index (χ3v) is 4.79. The number of benzene rings is 2. The second-order valence-corrected chi connectivity index (χ2v) is 7.04. The number of halogens is 4. The molecule has 0 atom stereocenters. The van der Waals surface area contributed by atoms with Gasteiger partial charge < -0.3 is 9.47 Å². The highest BCUT2D eigenvalue weighted by Crippen LogP contribution is 2.37. The molecule has 0 spiro atoms. The Bertz CT molecular complexity index is 1180. The van der Waals surface area contributed by atoms with Crippen molar-refractivity contribution in [1.29, 1.82) is 0 Å². The van der Waals surface area contributed by atoms with Crippen LogP contribution in [-0.4, -0.2) is 31.6 Å². The zero-order chi connectivity index (χ0) is 24.3. The number of rotatable bonds is 6. The number of nitrogens with zero attached hydrogens (tertiary/aromatic N) is 1. The van der Waals surface area contributed by atoms with Gasteiger partial charge in [0.25, 0.3) is 11.8 Å². The molecule has 1 aliphatic rings. The van der Waals surface area contributed by atoms with Crippen LogP contribution in [0, 0.1) is 0 Å². The molecule has 7 nitrogen and oxygen atoms in total. The van der Waals surface area contributed by atoms with Crippen LogP contribution < -0.4 is 19.7 Å². The minimum Gasteiger partial charge on any atom is -0.493 e. The Morgan fingerprint density at radius 1 is 1.12 bits per heavy atom. The third-order valence-electron chi connectivity index (χ3n) is 4.47. The van der Waals surface area contributed by atoms with E-state index in [0.29, 0.717) is 34.1 Å². The molecule has 33 heavy (non-hydrogen) atoms. The van der Waals surface area contributed by atoms with Gasteiger partial charge in [-0.25, -0.2) is 9.69 Å². The summed E-state index contributed by atoms with van der Waals surface area (Å²) in [5, 5.41) is 1.65. The van der Waals surface area contributed by atoms with Gasteiger partial charge in [0.05, 0.1) is 23.4 Å². The van der Waals surface area contributed by atoms with Crippen molar-refractivity contribution in [3.8, 4) is 11.5 Å². The number of amides is 4. The summed E-state index contributed by atoms with van der Waals surface area (Å²) in [7, 11) is 1.39. The summed E-state index contributed by atoms with van der Waals surface area (Å²) in [5.74, 6) is -1.48. The third kappa shape index (κ3) is 5.01. The van der Waals surface area contributed by atoms with E-state index in [4.69, 9.17) is 21.1 Å². The van der Waals surface area contributed by atoms with E-state index in [1.807, 2.05) is 5.32 Å². The average Bonchev–Trinajstić information content (AvgIpc) is 2.75. The van der Waals surface area contributed by atoms with Crippen molar-refractivity contribution in [1.82, 2.24) is 5.32 Å². The van der Waals surface area contributed by atoms with Crippen molar-refractivity contribution in [2.75, 3.05) is 18.6 Å². The summed E-state index contributed by atoms with van der Waals surface area (Å²) in [4.78, 5) is 38.1. The monoisotopic (exact) mass is 480 g/mol. The molecule has 3 rings (SSSR count). The van der Waals surface area contributed by atoms with Crippen LogP contribution in [-0.2, 0) is 15.8 Å². The number of nitrogens with one attached hydrogen (secondary N) is 1. The summed E-state index contributed by atoms with van der Waals surface area (Å²) >= 11 is 5.97. The summed E-state index contributed by atoms with van der Waals surface area (Å²) in [5.41, 5.74) is -1.80. The number of imide groups is 2. The quantitative estimate of drug-likeness (QED) is 0.371. The molecule has 2 aromatic carbocycles. The minimum atomic E-state index is -4.74. The van der Waals surface area contributed by atoms with Gasteiger partial charge in [-0.2, -0.15) is 13.2 Å². The molecule has 0 bridgehead atoms. The Morgan fingerprint density at radius 3 is 2.48 bits per heavy atom. The standard InChI is InChI=1S/C22H16ClF3N2O5/c1-3-8-33-17-7-4-12(10-18(17)32-2)9-14-19(29)27-21(31)28(20(14)30)16-11-13(22(24,25)26)5-6-15(16)23/h3-7,9-11H,1,8H2,2H3,(H,27,29,31)/b14-9+. The molecule has 1 N–H and O–H groups in total. The highest BCUT2D eigenvalue weighted by molar-refractivity contribution is 6.42. The molecule has 1 heterocycles. The molecule has 1 aliphatic heterocycles. The summed E-state index contributed by atoms with van der Waals surface area (Å²) in [6.07, 6.45) is -2.04. The van der Waals surface area contributed by atoms with E-state index in [2.05, 4.69) is 6.58 Å². The molecule has 172 valence electrons.